The Kier molecular flexibility index (Phi) is 6.01. The number of benzene rings is 2. The smallest absolute Gasteiger partial charge is 0.343 e. The second-order valence-electron chi connectivity index (χ2n) is 7.28. The van der Waals surface area contributed by atoms with Crippen LogP contribution in [0.5, 0.6) is 0 Å². The first-order chi connectivity index (χ1) is 13.2. The van der Waals surface area contributed by atoms with Gasteiger partial charge in [-0.05, 0) is 44.0 Å². The summed E-state index contributed by atoms with van der Waals surface area (Å²) >= 11 is 5.94. The van der Waals surface area contributed by atoms with E-state index in [2.05, 4.69) is 10.6 Å². The first kappa shape index (κ1) is 20.7. The molecule has 0 bridgehead atoms. The zero-order valence-corrected chi connectivity index (χ0v) is 16.2. The SMILES string of the molecule is CC1(C(NC(=O)c2cccc(C(F)(F)F)c2Cl)c2ccccc2)CCCCN1. The summed E-state index contributed by atoms with van der Waals surface area (Å²) in [6.45, 7) is 2.85. The molecule has 1 amide bonds. The molecule has 2 aromatic carbocycles. The van der Waals surface area contributed by atoms with Crippen molar-refractivity contribution in [2.24, 2.45) is 0 Å². The molecule has 0 spiro atoms. The molecule has 1 aliphatic rings. The molecule has 1 fully saturated rings. The summed E-state index contributed by atoms with van der Waals surface area (Å²) in [6, 6.07) is 12.4. The van der Waals surface area contributed by atoms with Crippen LogP contribution in [0.2, 0.25) is 5.02 Å². The van der Waals surface area contributed by atoms with Gasteiger partial charge in [-0.25, -0.2) is 0 Å². The van der Waals surface area contributed by atoms with Crippen molar-refractivity contribution >= 4 is 17.5 Å². The van der Waals surface area contributed by atoms with Gasteiger partial charge in [0.15, 0.2) is 0 Å². The highest BCUT2D eigenvalue weighted by atomic mass is 35.5. The fourth-order valence-electron chi connectivity index (χ4n) is 3.72. The van der Waals surface area contributed by atoms with Crippen molar-refractivity contribution in [1.82, 2.24) is 10.6 Å². The van der Waals surface area contributed by atoms with Crippen molar-refractivity contribution in [2.45, 2.75) is 43.9 Å². The number of carbonyl (C=O) groups is 1. The number of hydrogen-bond acceptors (Lipinski definition) is 2. The predicted molar refractivity (Wildman–Crippen MR) is 103 cm³/mol. The molecule has 2 N–H and O–H groups in total. The van der Waals surface area contributed by atoms with E-state index in [0.717, 1.165) is 37.4 Å². The molecule has 2 aromatic rings. The first-order valence-electron chi connectivity index (χ1n) is 9.19. The van der Waals surface area contributed by atoms with Crippen LogP contribution in [0.3, 0.4) is 0 Å². The topological polar surface area (TPSA) is 41.1 Å². The molecular weight excluding hydrogens is 389 g/mol. The van der Waals surface area contributed by atoms with Crippen LogP contribution >= 0.6 is 11.6 Å². The molecule has 1 saturated heterocycles. The summed E-state index contributed by atoms with van der Waals surface area (Å²) in [6.07, 6.45) is -1.73. The highest BCUT2D eigenvalue weighted by Gasteiger charge is 2.39. The van der Waals surface area contributed by atoms with E-state index >= 15 is 0 Å². The molecular formula is C21H22ClF3N2O. The summed E-state index contributed by atoms with van der Waals surface area (Å²) in [5.74, 6) is -0.626. The zero-order chi connectivity index (χ0) is 20.4. The third-order valence-electron chi connectivity index (χ3n) is 5.25. The molecule has 0 aromatic heterocycles. The van der Waals surface area contributed by atoms with Gasteiger partial charge in [-0.1, -0.05) is 54.4 Å². The van der Waals surface area contributed by atoms with Crippen LogP contribution in [0.4, 0.5) is 13.2 Å². The Bertz CT molecular complexity index is 833. The minimum atomic E-state index is -4.62. The van der Waals surface area contributed by atoms with E-state index in [1.165, 1.54) is 12.1 Å². The number of carbonyl (C=O) groups excluding carboxylic acids is 1. The lowest BCUT2D eigenvalue weighted by Gasteiger charge is -2.42. The van der Waals surface area contributed by atoms with Crippen LogP contribution in [0.15, 0.2) is 48.5 Å². The van der Waals surface area contributed by atoms with Gasteiger partial charge in [0.2, 0.25) is 0 Å². The summed E-state index contributed by atoms with van der Waals surface area (Å²) in [5, 5.41) is 5.82. The molecule has 3 rings (SSSR count). The largest absolute Gasteiger partial charge is 0.417 e. The summed E-state index contributed by atoms with van der Waals surface area (Å²) in [4.78, 5) is 12.9. The maximum absolute atomic E-state index is 13.1. The Hall–Kier alpha value is -2.05. The molecule has 1 heterocycles. The number of halogens is 4. The van der Waals surface area contributed by atoms with E-state index in [4.69, 9.17) is 11.6 Å². The number of hydrogen-bond donors (Lipinski definition) is 2. The normalized spacial score (nSPS) is 21.2. The zero-order valence-electron chi connectivity index (χ0n) is 15.4. The van der Waals surface area contributed by atoms with Crippen molar-refractivity contribution in [2.75, 3.05) is 6.54 Å². The summed E-state index contributed by atoms with van der Waals surface area (Å²) < 4.78 is 39.4. The Balaban J connectivity index is 1.95. The van der Waals surface area contributed by atoms with Gasteiger partial charge in [0.25, 0.3) is 5.91 Å². The quantitative estimate of drug-likeness (QED) is 0.712. The lowest BCUT2D eigenvalue weighted by Crippen LogP contribution is -2.55. The number of alkyl halides is 3. The molecule has 0 saturated carbocycles. The van der Waals surface area contributed by atoms with Gasteiger partial charge in [-0.15, -0.1) is 0 Å². The Morgan fingerprint density at radius 2 is 1.86 bits per heavy atom. The van der Waals surface area contributed by atoms with E-state index in [0.29, 0.717) is 0 Å². The minimum absolute atomic E-state index is 0.183. The Morgan fingerprint density at radius 3 is 2.46 bits per heavy atom. The third-order valence-corrected chi connectivity index (χ3v) is 5.65. The first-order valence-corrected chi connectivity index (χ1v) is 9.57. The van der Waals surface area contributed by atoms with E-state index in [1.807, 2.05) is 37.3 Å². The maximum Gasteiger partial charge on any atom is 0.417 e. The number of nitrogens with one attached hydrogen (secondary N) is 2. The highest BCUT2D eigenvalue weighted by Crippen LogP contribution is 2.37. The van der Waals surface area contributed by atoms with Gasteiger partial charge in [0, 0.05) is 5.54 Å². The van der Waals surface area contributed by atoms with Gasteiger partial charge in [-0.2, -0.15) is 13.2 Å². The minimum Gasteiger partial charge on any atom is -0.343 e. The van der Waals surface area contributed by atoms with Crippen LogP contribution in [-0.4, -0.2) is 18.0 Å². The Labute approximate surface area is 167 Å². The molecule has 0 radical (unpaired) electrons. The van der Waals surface area contributed by atoms with Gasteiger partial charge in [0.05, 0.1) is 22.2 Å². The van der Waals surface area contributed by atoms with Crippen molar-refractivity contribution in [3.05, 3.63) is 70.2 Å². The summed E-state index contributed by atoms with van der Waals surface area (Å²) in [5.41, 5.74) is -0.726. The van der Waals surface area contributed by atoms with E-state index in [9.17, 15) is 18.0 Å². The van der Waals surface area contributed by atoms with E-state index < -0.39 is 34.3 Å². The Morgan fingerprint density at radius 1 is 1.14 bits per heavy atom. The van der Waals surface area contributed by atoms with Crippen LogP contribution in [-0.2, 0) is 6.18 Å². The molecule has 150 valence electrons. The molecule has 28 heavy (non-hydrogen) atoms. The van der Waals surface area contributed by atoms with Crippen molar-refractivity contribution < 1.29 is 18.0 Å². The number of amides is 1. The standard InChI is InChI=1S/C21H22ClF3N2O/c1-20(12-5-6-13-26-20)18(14-8-3-2-4-9-14)27-19(28)15-10-7-11-16(17(15)22)21(23,24)25/h2-4,7-11,18,26H,5-6,12-13H2,1H3,(H,27,28). The fraction of sp³-hybridized carbons (Fsp3) is 0.381. The van der Waals surface area contributed by atoms with E-state index in [-0.39, 0.29) is 5.56 Å². The second kappa shape index (κ2) is 8.13. The van der Waals surface area contributed by atoms with Gasteiger partial charge in [0.1, 0.15) is 0 Å². The number of piperidine rings is 1. The van der Waals surface area contributed by atoms with Gasteiger partial charge < -0.3 is 10.6 Å². The number of rotatable bonds is 4. The third kappa shape index (κ3) is 4.33. The summed E-state index contributed by atoms with van der Waals surface area (Å²) in [7, 11) is 0. The van der Waals surface area contributed by atoms with Crippen molar-refractivity contribution in [1.29, 1.82) is 0 Å². The maximum atomic E-state index is 13.1. The highest BCUT2D eigenvalue weighted by molar-refractivity contribution is 6.34. The monoisotopic (exact) mass is 410 g/mol. The molecule has 1 aliphatic heterocycles. The van der Waals surface area contributed by atoms with Crippen LogP contribution < -0.4 is 10.6 Å². The lowest BCUT2D eigenvalue weighted by molar-refractivity contribution is -0.137. The van der Waals surface area contributed by atoms with Gasteiger partial charge in [-0.3, -0.25) is 4.79 Å². The molecule has 3 nitrogen and oxygen atoms in total. The average Bonchev–Trinajstić information content (AvgIpc) is 2.66. The molecule has 2 unspecified atom stereocenters. The van der Waals surface area contributed by atoms with Crippen molar-refractivity contribution in [3.63, 3.8) is 0 Å². The van der Waals surface area contributed by atoms with Crippen LogP contribution in [0.1, 0.15) is 53.7 Å². The van der Waals surface area contributed by atoms with Crippen LogP contribution in [0, 0.1) is 0 Å². The fourth-order valence-corrected chi connectivity index (χ4v) is 4.04. The molecule has 2 atom stereocenters. The van der Waals surface area contributed by atoms with Crippen LogP contribution in [0.25, 0.3) is 0 Å². The predicted octanol–water partition coefficient (Wildman–Crippen LogP) is 5.36. The average molecular weight is 411 g/mol. The van der Waals surface area contributed by atoms with Gasteiger partial charge >= 0.3 is 6.18 Å². The second-order valence-corrected chi connectivity index (χ2v) is 7.66. The van der Waals surface area contributed by atoms with E-state index in [1.54, 1.807) is 0 Å². The van der Waals surface area contributed by atoms with Crippen molar-refractivity contribution in [3.8, 4) is 0 Å². The lowest BCUT2D eigenvalue weighted by atomic mass is 9.80. The molecule has 7 heteroatoms. The molecule has 0 aliphatic carbocycles.